The molecule has 2 aromatic carbocycles. The molecule has 0 unspecified atom stereocenters. The number of nitrogens with zero attached hydrogens (tertiary/aromatic N) is 2. The summed E-state index contributed by atoms with van der Waals surface area (Å²) in [5.41, 5.74) is 7.51. The fourth-order valence-corrected chi connectivity index (χ4v) is 2.44. The van der Waals surface area contributed by atoms with E-state index in [0.717, 1.165) is 4.47 Å². The maximum absolute atomic E-state index is 13.1. The number of benzene rings is 2. The van der Waals surface area contributed by atoms with Gasteiger partial charge in [0.15, 0.2) is 0 Å². The number of nitrogens with two attached hydrogens (primary N) is 1. The van der Waals surface area contributed by atoms with Crippen molar-refractivity contribution < 1.29 is 8.91 Å². The van der Waals surface area contributed by atoms with Crippen LogP contribution in [0.1, 0.15) is 0 Å². The molecule has 7 heteroatoms. The fourth-order valence-electron chi connectivity index (χ4n) is 1.83. The molecule has 0 atom stereocenters. The summed E-state index contributed by atoms with van der Waals surface area (Å²) in [6.07, 6.45) is 0. The highest BCUT2D eigenvalue weighted by atomic mass is 79.9. The summed E-state index contributed by atoms with van der Waals surface area (Å²) in [5.74, 6) is 0.113. The van der Waals surface area contributed by atoms with Crippen LogP contribution in [-0.4, -0.2) is 10.1 Å². The molecular weight excluding hydrogens is 361 g/mol. The monoisotopic (exact) mass is 367 g/mol. The van der Waals surface area contributed by atoms with E-state index in [2.05, 4.69) is 26.1 Å². The van der Waals surface area contributed by atoms with Crippen molar-refractivity contribution in [2.75, 3.05) is 5.73 Å². The predicted molar refractivity (Wildman–Crippen MR) is 82.3 cm³/mol. The van der Waals surface area contributed by atoms with Gasteiger partial charge in [-0.05, 0) is 36.4 Å². The Balaban J connectivity index is 2.06. The van der Waals surface area contributed by atoms with Crippen LogP contribution in [0.4, 0.5) is 10.1 Å². The van der Waals surface area contributed by atoms with Crippen molar-refractivity contribution in [1.82, 2.24) is 10.1 Å². The third kappa shape index (κ3) is 2.77. The molecule has 0 aliphatic rings. The molecule has 2 N–H and O–H groups in total. The Bertz CT molecular complexity index is 822. The van der Waals surface area contributed by atoms with Crippen LogP contribution in [-0.2, 0) is 0 Å². The van der Waals surface area contributed by atoms with Gasteiger partial charge in [-0.15, -0.1) is 0 Å². The van der Waals surface area contributed by atoms with Gasteiger partial charge in [0.05, 0.1) is 10.6 Å². The van der Waals surface area contributed by atoms with Crippen LogP contribution >= 0.6 is 27.5 Å². The molecule has 0 spiro atoms. The Morgan fingerprint density at radius 1 is 1.14 bits per heavy atom. The normalized spacial score (nSPS) is 10.8. The molecule has 0 aliphatic carbocycles. The Morgan fingerprint density at radius 3 is 2.71 bits per heavy atom. The van der Waals surface area contributed by atoms with Gasteiger partial charge in [0.1, 0.15) is 5.82 Å². The van der Waals surface area contributed by atoms with Gasteiger partial charge in [0, 0.05) is 15.7 Å². The van der Waals surface area contributed by atoms with Crippen molar-refractivity contribution in [3.63, 3.8) is 0 Å². The van der Waals surface area contributed by atoms with Gasteiger partial charge in [-0.3, -0.25) is 0 Å². The summed E-state index contributed by atoms with van der Waals surface area (Å²) in [6.45, 7) is 0. The van der Waals surface area contributed by atoms with Crippen molar-refractivity contribution in [2.45, 2.75) is 0 Å². The van der Waals surface area contributed by atoms with Crippen LogP contribution in [0.5, 0.6) is 0 Å². The zero-order valence-corrected chi connectivity index (χ0v) is 12.8. The highest BCUT2D eigenvalue weighted by Crippen LogP contribution is 2.31. The largest absolute Gasteiger partial charge is 0.398 e. The Hall–Kier alpha value is -1.92. The first-order chi connectivity index (χ1) is 10.0. The molecule has 3 rings (SSSR count). The number of halogens is 3. The molecule has 21 heavy (non-hydrogen) atoms. The molecular formula is C14H8BrClFN3O. The van der Waals surface area contributed by atoms with E-state index in [1.807, 2.05) is 6.07 Å². The van der Waals surface area contributed by atoms with Gasteiger partial charge in [0.25, 0.3) is 5.89 Å². The quantitative estimate of drug-likeness (QED) is 0.674. The predicted octanol–water partition coefficient (Wildman–Crippen LogP) is 4.54. The summed E-state index contributed by atoms with van der Waals surface area (Å²) in [6, 6.07) is 9.29. The molecule has 106 valence electrons. The molecule has 0 aliphatic heterocycles. The molecule has 0 amide bonds. The summed E-state index contributed by atoms with van der Waals surface area (Å²) in [7, 11) is 0. The van der Waals surface area contributed by atoms with Crippen LogP contribution in [0.2, 0.25) is 5.02 Å². The van der Waals surface area contributed by atoms with Gasteiger partial charge in [-0.2, -0.15) is 4.98 Å². The highest BCUT2D eigenvalue weighted by Gasteiger charge is 2.15. The lowest BCUT2D eigenvalue weighted by Gasteiger charge is -2.00. The number of hydrogen-bond acceptors (Lipinski definition) is 4. The van der Waals surface area contributed by atoms with Gasteiger partial charge in [0.2, 0.25) is 5.82 Å². The van der Waals surface area contributed by atoms with E-state index in [1.54, 1.807) is 12.1 Å². The van der Waals surface area contributed by atoms with Crippen molar-refractivity contribution in [2.24, 2.45) is 0 Å². The minimum Gasteiger partial charge on any atom is -0.398 e. The molecule has 3 aromatic rings. The number of aromatic nitrogens is 2. The van der Waals surface area contributed by atoms with Gasteiger partial charge >= 0.3 is 0 Å². The van der Waals surface area contributed by atoms with Crippen molar-refractivity contribution in [1.29, 1.82) is 0 Å². The SMILES string of the molecule is Nc1ccc(Br)cc1-c1nc(-c2ccc(F)cc2Cl)no1. The summed E-state index contributed by atoms with van der Waals surface area (Å²) in [4.78, 5) is 4.26. The molecule has 0 fully saturated rings. The van der Waals surface area contributed by atoms with Gasteiger partial charge < -0.3 is 10.3 Å². The van der Waals surface area contributed by atoms with E-state index in [0.29, 0.717) is 16.8 Å². The topological polar surface area (TPSA) is 64.9 Å². The average Bonchev–Trinajstić information content (AvgIpc) is 2.91. The lowest BCUT2D eigenvalue weighted by molar-refractivity contribution is 0.432. The Morgan fingerprint density at radius 2 is 1.95 bits per heavy atom. The van der Waals surface area contributed by atoms with Crippen LogP contribution in [0.25, 0.3) is 22.8 Å². The molecule has 4 nitrogen and oxygen atoms in total. The third-order valence-corrected chi connectivity index (χ3v) is 3.65. The third-order valence-electron chi connectivity index (χ3n) is 2.84. The highest BCUT2D eigenvalue weighted by molar-refractivity contribution is 9.10. The number of anilines is 1. The second-order valence-electron chi connectivity index (χ2n) is 4.28. The molecule has 1 aromatic heterocycles. The molecule has 1 heterocycles. The molecule has 0 saturated heterocycles. The lowest BCUT2D eigenvalue weighted by Crippen LogP contribution is -1.90. The summed E-state index contributed by atoms with van der Waals surface area (Å²) >= 11 is 9.34. The van der Waals surface area contributed by atoms with E-state index >= 15 is 0 Å². The molecule has 0 radical (unpaired) electrons. The Kier molecular flexibility index (Phi) is 3.65. The number of hydrogen-bond donors (Lipinski definition) is 1. The maximum Gasteiger partial charge on any atom is 0.260 e. The van der Waals surface area contributed by atoms with E-state index in [9.17, 15) is 4.39 Å². The zero-order chi connectivity index (χ0) is 15.0. The summed E-state index contributed by atoms with van der Waals surface area (Å²) < 4.78 is 19.1. The van der Waals surface area contributed by atoms with Gasteiger partial charge in [-0.1, -0.05) is 32.7 Å². The second-order valence-corrected chi connectivity index (χ2v) is 5.60. The standard InChI is InChI=1S/C14H8BrClFN3O/c15-7-1-4-12(18)10(5-7)14-19-13(20-21-14)9-3-2-8(17)6-11(9)16/h1-6H,18H2. The zero-order valence-electron chi connectivity index (χ0n) is 10.5. The molecule has 0 saturated carbocycles. The Labute approximate surface area is 132 Å². The van der Waals surface area contributed by atoms with E-state index in [1.165, 1.54) is 18.2 Å². The van der Waals surface area contributed by atoms with E-state index in [-0.39, 0.29) is 16.7 Å². The van der Waals surface area contributed by atoms with Crippen LogP contribution in [0.3, 0.4) is 0 Å². The average molecular weight is 369 g/mol. The van der Waals surface area contributed by atoms with E-state index < -0.39 is 5.82 Å². The van der Waals surface area contributed by atoms with Crippen LogP contribution in [0.15, 0.2) is 45.4 Å². The maximum atomic E-state index is 13.1. The van der Waals surface area contributed by atoms with Gasteiger partial charge in [-0.25, -0.2) is 4.39 Å². The van der Waals surface area contributed by atoms with Crippen molar-refractivity contribution in [3.8, 4) is 22.8 Å². The minimum atomic E-state index is -0.427. The minimum absolute atomic E-state index is 0.213. The number of rotatable bonds is 2. The van der Waals surface area contributed by atoms with Crippen molar-refractivity contribution >= 4 is 33.2 Å². The number of nitrogen functional groups attached to an aromatic ring is 1. The first kappa shape index (κ1) is 14.0. The van der Waals surface area contributed by atoms with Crippen LogP contribution in [0, 0.1) is 5.82 Å². The lowest BCUT2D eigenvalue weighted by atomic mass is 10.2. The summed E-state index contributed by atoms with van der Waals surface area (Å²) in [5, 5.41) is 4.07. The van der Waals surface area contributed by atoms with Crippen LogP contribution < -0.4 is 5.73 Å². The van der Waals surface area contributed by atoms with Crippen molar-refractivity contribution in [3.05, 3.63) is 51.7 Å². The first-order valence-electron chi connectivity index (χ1n) is 5.89. The second kappa shape index (κ2) is 5.46. The first-order valence-corrected chi connectivity index (χ1v) is 7.06. The fraction of sp³-hybridized carbons (Fsp3) is 0. The van der Waals surface area contributed by atoms with E-state index in [4.69, 9.17) is 21.9 Å². The molecule has 0 bridgehead atoms. The smallest absolute Gasteiger partial charge is 0.260 e.